The van der Waals surface area contributed by atoms with Gasteiger partial charge in [-0.2, -0.15) is 0 Å². The van der Waals surface area contributed by atoms with Crippen molar-refractivity contribution in [1.29, 1.82) is 0 Å². The van der Waals surface area contributed by atoms with Crippen molar-refractivity contribution >= 4 is 9.84 Å². The van der Waals surface area contributed by atoms with Crippen molar-refractivity contribution in [1.82, 2.24) is 10.0 Å². The molecular formula is C17H34N2O2S. The number of rotatable bonds is 4. The van der Waals surface area contributed by atoms with E-state index in [1.165, 1.54) is 44.9 Å². The lowest BCUT2D eigenvalue weighted by Gasteiger charge is -2.41. The van der Waals surface area contributed by atoms with Crippen LogP contribution in [0.5, 0.6) is 0 Å². The largest absolute Gasteiger partial charge is 0.237 e. The molecule has 1 atom stereocenters. The van der Waals surface area contributed by atoms with E-state index >= 15 is 0 Å². The second-order valence-electron chi connectivity index (χ2n) is 7.52. The predicted octanol–water partition coefficient (Wildman–Crippen LogP) is 3.58. The number of hydrogen-bond acceptors (Lipinski definition) is 4. The fourth-order valence-corrected chi connectivity index (χ4v) is 5.75. The van der Waals surface area contributed by atoms with E-state index in [0.29, 0.717) is 6.04 Å². The molecule has 0 spiro atoms. The fraction of sp³-hybridized carbons (Fsp3) is 1.00. The van der Waals surface area contributed by atoms with Crippen LogP contribution < -0.4 is 0 Å². The van der Waals surface area contributed by atoms with Crippen LogP contribution >= 0.6 is 0 Å². The Morgan fingerprint density at radius 2 is 1.41 bits per heavy atom. The van der Waals surface area contributed by atoms with Gasteiger partial charge in [0.1, 0.15) is 5.37 Å². The normalized spacial score (nSPS) is 27.5. The molecular weight excluding hydrogens is 296 g/mol. The van der Waals surface area contributed by atoms with Crippen LogP contribution in [0.3, 0.4) is 0 Å². The van der Waals surface area contributed by atoms with E-state index in [9.17, 15) is 8.42 Å². The molecule has 0 aromatic rings. The number of hydrazine groups is 1. The Bertz CT molecular complexity index is 440. The minimum absolute atomic E-state index is 0.242. The van der Waals surface area contributed by atoms with E-state index in [1.807, 2.05) is 13.8 Å². The average Bonchev–Trinajstić information content (AvgIpc) is 2.83. The van der Waals surface area contributed by atoms with E-state index in [1.54, 1.807) is 0 Å². The summed E-state index contributed by atoms with van der Waals surface area (Å²) in [6, 6.07) is 0.779. The summed E-state index contributed by atoms with van der Waals surface area (Å²) in [4.78, 5) is 0. The summed E-state index contributed by atoms with van der Waals surface area (Å²) in [5.41, 5.74) is 0. The minimum atomic E-state index is -3.07. The topological polar surface area (TPSA) is 40.6 Å². The second-order valence-corrected chi connectivity index (χ2v) is 10.2. The SMILES string of the molecule is CC(C)N1C(S(=O)(=O)C(C)C)CCN1C1CCCCCCC1. The number of nitrogens with zero attached hydrogens (tertiary/aromatic N) is 2. The van der Waals surface area contributed by atoms with E-state index in [2.05, 4.69) is 23.9 Å². The Morgan fingerprint density at radius 1 is 0.864 bits per heavy atom. The molecule has 5 heteroatoms. The highest BCUT2D eigenvalue weighted by Crippen LogP contribution is 2.33. The molecule has 130 valence electrons. The average molecular weight is 331 g/mol. The Kier molecular flexibility index (Phi) is 6.31. The van der Waals surface area contributed by atoms with Crippen molar-refractivity contribution < 1.29 is 8.42 Å². The summed E-state index contributed by atoms with van der Waals surface area (Å²) in [5.74, 6) is 0. The smallest absolute Gasteiger partial charge is 0.169 e. The third-order valence-corrected chi connectivity index (χ3v) is 7.78. The lowest BCUT2D eigenvalue weighted by Crippen LogP contribution is -2.53. The van der Waals surface area contributed by atoms with E-state index in [-0.39, 0.29) is 16.7 Å². The first-order valence-electron chi connectivity index (χ1n) is 9.13. The van der Waals surface area contributed by atoms with E-state index in [4.69, 9.17) is 0 Å². The first-order chi connectivity index (χ1) is 10.4. The van der Waals surface area contributed by atoms with Crippen LogP contribution in [0.4, 0.5) is 0 Å². The van der Waals surface area contributed by atoms with Crippen LogP contribution in [0.2, 0.25) is 0 Å². The molecule has 22 heavy (non-hydrogen) atoms. The zero-order valence-electron chi connectivity index (χ0n) is 14.8. The molecule has 2 rings (SSSR count). The fourth-order valence-electron chi connectivity index (χ4n) is 4.02. The highest BCUT2D eigenvalue weighted by Gasteiger charge is 2.44. The van der Waals surface area contributed by atoms with Crippen molar-refractivity contribution in [3.63, 3.8) is 0 Å². The van der Waals surface area contributed by atoms with Gasteiger partial charge >= 0.3 is 0 Å². The molecule has 0 bridgehead atoms. The Balaban J connectivity index is 2.18. The standard InChI is InChI=1S/C17H34N2O2S/c1-14(2)19-17(22(20,21)15(3)4)12-13-18(19)16-10-8-6-5-7-9-11-16/h14-17H,5-13H2,1-4H3. The van der Waals surface area contributed by atoms with Crippen LogP contribution in [-0.2, 0) is 9.84 Å². The molecule has 0 amide bonds. The van der Waals surface area contributed by atoms with Gasteiger partial charge in [0.15, 0.2) is 9.84 Å². The summed E-state index contributed by atoms with van der Waals surface area (Å²) in [6.07, 6.45) is 9.80. The molecule has 0 N–H and O–H groups in total. The Hall–Kier alpha value is -0.130. The van der Waals surface area contributed by atoms with Gasteiger partial charge in [-0.1, -0.05) is 32.1 Å². The summed E-state index contributed by atoms with van der Waals surface area (Å²) in [5, 5.41) is 4.00. The Morgan fingerprint density at radius 3 is 1.91 bits per heavy atom. The van der Waals surface area contributed by atoms with Crippen molar-refractivity contribution in [2.45, 2.75) is 102 Å². The van der Waals surface area contributed by atoms with Gasteiger partial charge in [0.25, 0.3) is 0 Å². The molecule has 1 heterocycles. The second kappa shape index (κ2) is 7.63. The third kappa shape index (κ3) is 3.85. The molecule has 1 saturated carbocycles. The molecule has 1 aliphatic carbocycles. The maximum absolute atomic E-state index is 12.7. The molecule has 0 aromatic heterocycles. The maximum Gasteiger partial charge on any atom is 0.169 e. The van der Waals surface area contributed by atoms with Gasteiger partial charge in [-0.25, -0.2) is 18.4 Å². The zero-order chi connectivity index (χ0) is 16.3. The quantitative estimate of drug-likeness (QED) is 0.790. The van der Waals surface area contributed by atoms with Gasteiger partial charge in [-0.15, -0.1) is 0 Å². The van der Waals surface area contributed by atoms with Crippen LogP contribution in [0.25, 0.3) is 0 Å². The van der Waals surface area contributed by atoms with Gasteiger partial charge in [-0.3, -0.25) is 0 Å². The summed E-state index contributed by atoms with van der Waals surface area (Å²) in [7, 11) is -3.07. The highest BCUT2D eigenvalue weighted by molar-refractivity contribution is 7.92. The summed E-state index contributed by atoms with van der Waals surface area (Å²) in [6.45, 7) is 8.78. The first kappa shape index (κ1) is 18.2. The number of sulfone groups is 1. The zero-order valence-corrected chi connectivity index (χ0v) is 15.6. The monoisotopic (exact) mass is 330 g/mol. The van der Waals surface area contributed by atoms with Gasteiger partial charge in [0.2, 0.25) is 0 Å². The molecule has 2 fully saturated rings. The van der Waals surface area contributed by atoms with Gasteiger partial charge in [0.05, 0.1) is 5.25 Å². The molecule has 1 aliphatic heterocycles. The van der Waals surface area contributed by atoms with Gasteiger partial charge < -0.3 is 0 Å². The van der Waals surface area contributed by atoms with Crippen molar-refractivity contribution in [3.8, 4) is 0 Å². The van der Waals surface area contributed by atoms with Gasteiger partial charge in [0, 0.05) is 18.6 Å². The molecule has 0 aromatic carbocycles. The molecule has 1 unspecified atom stereocenters. The summed E-state index contributed by atoms with van der Waals surface area (Å²) >= 11 is 0. The first-order valence-corrected chi connectivity index (χ1v) is 10.7. The predicted molar refractivity (Wildman–Crippen MR) is 92.2 cm³/mol. The molecule has 0 radical (unpaired) electrons. The lowest BCUT2D eigenvalue weighted by atomic mass is 9.96. The Labute approximate surface area is 137 Å². The molecule has 1 saturated heterocycles. The van der Waals surface area contributed by atoms with E-state index in [0.717, 1.165) is 13.0 Å². The van der Waals surface area contributed by atoms with Crippen molar-refractivity contribution in [3.05, 3.63) is 0 Å². The highest BCUT2D eigenvalue weighted by atomic mass is 32.2. The van der Waals surface area contributed by atoms with Crippen LogP contribution in [0.15, 0.2) is 0 Å². The van der Waals surface area contributed by atoms with Crippen LogP contribution in [0, 0.1) is 0 Å². The number of hydrogen-bond donors (Lipinski definition) is 0. The van der Waals surface area contributed by atoms with Crippen LogP contribution in [0.1, 0.15) is 79.1 Å². The third-order valence-electron chi connectivity index (χ3n) is 5.26. The van der Waals surface area contributed by atoms with Crippen molar-refractivity contribution in [2.75, 3.05) is 6.54 Å². The molecule has 4 nitrogen and oxygen atoms in total. The maximum atomic E-state index is 12.7. The van der Waals surface area contributed by atoms with Crippen molar-refractivity contribution in [2.24, 2.45) is 0 Å². The minimum Gasteiger partial charge on any atom is -0.237 e. The molecule has 2 aliphatic rings. The van der Waals surface area contributed by atoms with E-state index < -0.39 is 9.84 Å². The summed E-state index contributed by atoms with van der Waals surface area (Å²) < 4.78 is 25.5. The van der Waals surface area contributed by atoms with Crippen LogP contribution in [-0.4, -0.2) is 47.7 Å². The lowest BCUT2D eigenvalue weighted by molar-refractivity contribution is -0.0544. The van der Waals surface area contributed by atoms with Gasteiger partial charge in [-0.05, 0) is 47.0 Å².